The molecule has 118 valence electrons. The number of hydrogen-bond acceptors (Lipinski definition) is 2. The first-order valence-corrected chi connectivity index (χ1v) is 8.20. The molecule has 2 nitrogen and oxygen atoms in total. The highest BCUT2D eigenvalue weighted by Gasteiger charge is 2.34. The minimum Gasteiger partial charge on any atom is -0.496 e. The molecule has 1 fully saturated rings. The van der Waals surface area contributed by atoms with Gasteiger partial charge in [-0.05, 0) is 61.5 Å². The van der Waals surface area contributed by atoms with E-state index in [9.17, 15) is 0 Å². The lowest BCUT2D eigenvalue weighted by atomic mass is 9.66. The molecule has 0 bridgehead atoms. The summed E-state index contributed by atoms with van der Waals surface area (Å²) >= 11 is 0. The molecule has 0 aromatic heterocycles. The molecule has 2 rings (SSSR count). The Labute approximate surface area is 130 Å². The highest BCUT2D eigenvalue weighted by atomic mass is 16.5. The van der Waals surface area contributed by atoms with Crippen LogP contribution in [0.3, 0.4) is 0 Å². The lowest BCUT2D eigenvalue weighted by Gasteiger charge is -2.41. The monoisotopic (exact) mass is 289 g/mol. The summed E-state index contributed by atoms with van der Waals surface area (Å²) in [6, 6.07) is 6.78. The molecule has 1 aliphatic carbocycles. The average molecular weight is 289 g/mol. The van der Waals surface area contributed by atoms with E-state index >= 15 is 0 Å². The molecular weight excluding hydrogens is 258 g/mol. The number of methoxy groups -OCH3 is 1. The van der Waals surface area contributed by atoms with Crippen LogP contribution in [0.4, 0.5) is 0 Å². The molecule has 1 aromatic carbocycles. The number of nitrogens with two attached hydrogens (primary N) is 1. The van der Waals surface area contributed by atoms with Crippen LogP contribution in [-0.4, -0.2) is 13.2 Å². The summed E-state index contributed by atoms with van der Waals surface area (Å²) in [5.74, 6) is 2.35. The van der Waals surface area contributed by atoms with Crippen LogP contribution in [0.15, 0.2) is 18.2 Å². The fraction of sp³-hybridized carbons (Fsp3) is 0.684. The molecule has 3 unspecified atom stereocenters. The van der Waals surface area contributed by atoms with Crippen molar-refractivity contribution in [3.8, 4) is 5.75 Å². The molecule has 0 aliphatic heterocycles. The summed E-state index contributed by atoms with van der Waals surface area (Å²) in [7, 11) is 1.76. The number of benzene rings is 1. The van der Waals surface area contributed by atoms with Crippen LogP contribution in [0.1, 0.15) is 51.2 Å². The van der Waals surface area contributed by atoms with Gasteiger partial charge >= 0.3 is 0 Å². The first kappa shape index (κ1) is 16.4. The molecule has 0 radical (unpaired) electrons. The van der Waals surface area contributed by atoms with Crippen LogP contribution in [-0.2, 0) is 6.42 Å². The van der Waals surface area contributed by atoms with Crippen molar-refractivity contribution in [2.75, 3.05) is 7.11 Å². The summed E-state index contributed by atoms with van der Waals surface area (Å²) in [6.07, 6.45) is 4.70. The first-order valence-electron chi connectivity index (χ1n) is 8.20. The molecule has 1 saturated carbocycles. The Kier molecular flexibility index (Phi) is 4.98. The van der Waals surface area contributed by atoms with Crippen LogP contribution in [0.2, 0.25) is 0 Å². The van der Waals surface area contributed by atoms with E-state index < -0.39 is 0 Å². The van der Waals surface area contributed by atoms with Gasteiger partial charge < -0.3 is 10.5 Å². The fourth-order valence-electron chi connectivity index (χ4n) is 3.66. The summed E-state index contributed by atoms with van der Waals surface area (Å²) in [5, 5.41) is 0. The van der Waals surface area contributed by atoms with Gasteiger partial charge in [0.15, 0.2) is 0 Å². The topological polar surface area (TPSA) is 35.2 Å². The van der Waals surface area contributed by atoms with E-state index in [2.05, 4.69) is 45.9 Å². The van der Waals surface area contributed by atoms with Crippen molar-refractivity contribution < 1.29 is 4.74 Å². The van der Waals surface area contributed by atoms with E-state index in [1.165, 1.54) is 24.0 Å². The van der Waals surface area contributed by atoms with Crippen molar-refractivity contribution in [1.29, 1.82) is 0 Å². The maximum atomic E-state index is 6.42. The van der Waals surface area contributed by atoms with Gasteiger partial charge in [-0.3, -0.25) is 0 Å². The van der Waals surface area contributed by atoms with Gasteiger partial charge in [-0.2, -0.15) is 0 Å². The average Bonchev–Trinajstić information content (AvgIpc) is 2.40. The van der Waals surface area contributed by atoms with E-state index in [1.54, 1.807) is 7.11 Å². The van der Waals surface area contributed by atoms with Crippen molar-refractivity contribution in [2.24, 2.45) is 23.0 Å². The lowest BCUT2D eigenvalue weighted by molar-refractivity contribution is 0.126. The number of rotatable bonds is 3. The molecule has 0 heterocycles. The minimum atomic E-state index is 0.328. The zero-order valence-electron chi connectivity index (χ0n) is 14.3. The Morgan fingerprint density at radius 3 is 2.57 bits per heavy atom. The Morgan fingerprint density at radius 1 is 1.24 bits per heavy atom. The minimum absolute atomic E-state index is 0.328. The van der Waals surface area contributed by atoms with E-state index in [1.807, 2.05) is 0 Å². The predicted molar refractivity (Wildman–Crippen MR) is 89.7 cm³/mol. The zero-order valence-corrected chi connectivity index (χ0v) is 14.3. The zero-order chi connectivity index (χ0) is 15.6. The molecule has 3 atom stereocenters. The SMILES string of the molecule is COc1ccc(C)cc1CC1CC(C(C)(C)C)CCC1N. The Hall–Kier alpha value is -1.02. The predicted octanol–water partition coefficient (Wildman–Crippen LogP) is 4.34. The third-order valence-corrected chi connectivity index (χ3v) is 5.18. The van der Waals surface area contributed by atoms with Gasteiger partial charge in [0.05, 0.1) is 7.11 Å². The molecule has 0 spiro atoms. The van der Waals surface area contributed by atoms with Crippen LogP contribution < -0.4 is 10.5 Å². The van der Waals surface area contributed by atoms with E-state index in [-0.39, 0.29) is 0 Å². The molecular formula is C19H31NO. The van der Waals surface area contributed by atoms with E-state index in [0.29, 0.717) is 17.4 Å². The highest BCUT2D eigenvalue weighted by molar-refractivity contribution is 5.37. The van der Waals surface area contributed by atoms with Crippen molar-refractivity contribution >= 4 is 0 Å². The number of ether oxygens (including phenoxy) is 1. The standard InChI is InChI=1S/C19H31NO/c1-13-6-9-18(21-5)15(10-13)11-14-12-16(19(2,3)4)7-8-17(14)20/h6,9-10,14,16-17H,7-8,11-12,20H2,1-5H3. The second-order valence-corrected chi connectivity index (χ2v) is 7.82. The van der Waals surface area contributed by atoms with Crippen molar-refractivity contribution in [3.63, 3.8) is 0 Å². The summed E-state index contributed by atoms with van der Waals surface area (Å²) in [5.41, 5.74) is 9.41. The summed E-state index contributed by atoms with van der Waals surface area (Å²) < 4.78 is 5.53. The third-order valence-electron chi connectivity index (χ3n) is 5.18. The number of aryl methyl sites for hydroxylation is 1. The quantitative estimate of drug-likeness (QED) is 0.898. The second kappa shape index (κ2) is 6.39. The third kappa shape index (κ3) is 4.00. The van der Waals surface area contributed by atoms with Gasteiger partial charge in [0, 0.05) is 6.04 Å². The van der Waals surface area contributed by atoms with Crippen LogP contribution in [0.25, 0.3) is 0 Å². The summed E-state index contributed by atoms with van der Waals surface area (Å²) in [6.45, 7) is 9.22. The Bertz CT molecular complexity index is 475. The molecule has 2 N–H and O–H groups in total. The first-order chi connectivity index (χ1) is 9.81. The Morgan fingerprint density at radius 2 is 1.95 bits per heavy atom. The van der Waals surface area contributed by atoms with Crippen molar-refractivity contribution in [3.05, 3.63) is 29.3 Å². The van der Waals surface area contributed by atoms with Crippen LogP contribution in [0, 0.1) is 24.2 Å². The lowest BCUT2D eigenvalue weighted by Crippen LogP contribution is -2.40. The molecule has 21 heavy (non-hydrogen) atoms. The largest absolute Gasteiger partial charge is 0.496 e. The molecule has 2 heteroatoms. The molecule has 1 aliphatic rings. The highest BCUT2D eigenvalue weighted by Crippen LogP contribution is 2.41. The number of hydrogen-bond donors (Lipinski definition) is 1. The van der Waals surface area contributed by atoms with Crippen LogP contribution >= 0.6 is 0 Å². The van der Waals surface area contributed by atoms with Gasteiger partial charge in [0.25, 0.3) is 0 Å². The maximum Gasteiger partial charge on any atom is 0.122 e. The van der Waals surface area contributed by atoms with Crippen molar-refractivity contribution in [2.45, 2.75) is 59.4 Å². The maximum absolute atomic E-state index is 6.42. The van der Waals surface area contributed by atoms with Gasteiger partial charge in [0.2, 0.25) is 0 Å². The van der Waals surface area contributed by atoms with Gasteiger partial charge in [-0.15, -0.1) is 0 Å². The van der Waals surface area contributed by atoms with Crippen molar-refractivity contribution in [1.82, 2.24) is 0 Å². The molecule has 0 amide bonds. The van der Waals surface area contributed by atoms with E-state index in [0.717, 1.165) is 24.5 Å². The second-order valence-electron chi connectivity index (χ2n) is 7.82. The normalized spacial score (nSPS) is 26.7. The molecule has 0 saturated heterocycles. The van der Waals surface area contributed by atoms with Crippen LogP contribution in [0.5, 0.6) is 5.75 Å². The summed E-state index contributed by atoms with van der Waals surface area (Å²) in [4.78, 5) is 0. The fourth-order valence-corrected chi connectivity index (χ4v) is 3.66. The smallest absolute Gasteiger partial charge is 0.122 e. The Balaban J connectivity index is 2.15. The van der Waals surface area contributed by atoms with Gasteiger partial charge in [-0.1, -0.05) is 38.5 Å². The molecule has 1 aromatic rings. The van der Waals surface area contributed by atoms with E-state index in [4.69, 9.17) is 10.5 Å². The van der Waals surface area contributed by atoms with Gasteiger partial charge in [-0.25, -0.2) is 0 Å². The van der Waals surface area contributed by atoms with Gasteiger partial charge in [0.1, 0.15) is 5.75 Å².